The standard InChI is InChI=1S/C17H29NO2Si/c1-18(2)16-11-12-8-6-7-9-17(12,20)15(16)13(19)10-14(16)21(3,4)5/h10,12,15,20H,6-9,11H2,1-5H3/t12-,15+,16+,17-/m0/s1. The smallest absolute Gasteiger partial charge is 0.163 e. The van der Waals surface area contributed by atoms with E-state index in [-0.39, 0.29) is 17.2 Å². The molecule has 3 rings (SSSR count). The maximum atomic E-state index is 12.8. The van der Waals surface area contributed by atoms with Gasteiger partial charge in [0.05, 0.1) is 25.1 Å². The third kappa shape index (κ3) is 1.88. The van der Waals surface area contributed by atoms with Gasteiger partial charge in [0.25, 0.3) is 0 Å². The Bertz CT molecular complexity index is 507. The fourth-order valence-corrected chi connectivity index (χ4v) is 7.81. The molecule has 0 unspecified atom stereocenters. The van der Waals surface area contributed by atoms with Crippen LogP contribution in [0.4, 0.5) is 0 Å². The van der Waals surface area contributed by atoms with E-state index >= 15 is 0 Å². The van der Waals surface area contributed by atoms with Gasteiger partial charge in [-0.2, -0.15) is 0 Å². The van der Waals surface area contributed by atoms with Gasteiger partial charge in [0, 0.05) is 0 Å². The largest absolute Gasteiger partial charge is 0.389 e. The number of ketones is 1. The Kier molecular flexibility index (Phi) is 3.33. The second-order valence-electron chi connectivity index (χ2n) is 8.60. The van der Waals surface area contributed by atoms with Gasteiger partial charge in [0.2, 0.25) is 0 Å². The summed E-state index contributed by atoms with van der Waals surface area (Å²) in [6, 6.07) is 0. The molecular weight excluding hydrogens is 278 g/mol. The van der Waals surface area contributed by atoms with Crippen LogP contribution in [-0.2, 0) is 4.79 Å². The van der Waals surface area contributed by atoms with Crippen LogP contribution in [0.1, 0.15) is 32.1 Å². The Morgan fingerprint density at radius 3 is 2.52 bits per heavy atom. The van der Waals surface area contributed by atoms with E-state index in [1.807, 2.05) is 6.08 Å². The Morgan fingerprint density at radius 1 is 1.29 bits per heavy atom. The van der Waals surface area contributed by atoms with Crippen molar-refractivity contribution >= 4 is 13.9 Å². The number of carbonyl (C=O) groups is 1. The molecule has 2 saturated carbocycles. The van der Waals surface area contributed by atoms with Crippen molar-refractivity contribution in [3.05, 3.63) is 11.3 Å². The lowest BCUT2D eigenvalue weighted by Gasteiger charge is -2.45. The van der Waals surface area contributed by atoms with Crippen LogP contribution in [0.25, 0.3) is 0 Å². The van der Waals surface area contributed by atoms with Crippen molar-refractivity contribution in [2.75, 3.05) is 14.1 Å². The average Bonchev–Trinajstić information content (AvgIpc) is 2.81. The fourth-order valence-electron chi connectivity index (χ4n) is 5.46. The first-order chi connectivity index (χ1) is 9.64. The van der Waals surface area contributed by atoms with Crippen molar-refractivity contribution in [1.29, 1.82) is 0 Å². The lowest BCUT2D eigenvalue weighted by Crippen LogP contribution is -2.57. The molecule has 2 fully saturated rings. The molecular formula is C17H29NO2Si. The Balaban J connectivity index is 2.16. The second kappa shape index (κ2) is 4.53. The number of carbonyl (C=O) groups excluding carboxylic acids is 1. The summed E-state index contributed by atoms with van der Waals surface area (Å²) in [6.07, 6.45) is 7.01. The van der Waals surface area contributed by atoms with Crippen LogP contribution >= 0.6 is 0 Å². The van der Waals surface area contributed by atoms with E-state index in [0.29, 0.717) is 5.92 Å². The quantitative estimate of drug-likeness (QED) is 0.797. The molecule has 118 valence electrons. The van der Waals surface area contributed by atoms with Crippen molar-refractivity contribution < 1.29 is 9.90 Å². The molecule has 0 aliphatic heterocycles. The fraction of sp³-hybridized carbons (Fsp3) is 0.824. The number of hydrogen-bond acceptors (Lipinski definition) is 3. The molecule has 3 aliphatic rings. The Labute approximate surface area is 129 Å². The van der Waals surface area contributed by atoms with Gasteiger partial charge in [-0.05, 0) is 45.4 Å². The molecule has 0 spiro atoms. The second-order valence-corrected chi connectivity index (χ2v) is 13.6. The highest BCUT2D eigenvalue weighted by molar-refractivity contribution is 6.84. The molecule has 3 aliphatic carbocycles. The van der Waals surface area contributed by atoms with Crippen molar-refractivity contribution in [2.24, 2.45) is 11.8 Å². The van der Waals surface area contributed by atoms with E-state index in [1.54, 1.807) is 0 Å². The third-order valence-electron chi connectivity index (χ3n) is 6.27. The zero-order chi connectivity index (χ0) is 15.6. The predicted octanol–water partition coefficient (Wildman–Crippen LogP) is 2.61. The first-order valence-electron chi connectivity index (χ1n) is 8.30. The summed E-state index contributed by atoms with van der Waals surface area (Å²) in [5, 5.41) is 12.7. The minimum Gasteiger partial charge on any atom is -0.389 e. The molecule has 4 heteroatoms. The van der Waals surface area contributed by atoms with Gasteiger partial charge in [-0.25, -0.2) is 0 Å². The predicted molar refractivity (Wildman–Crippen MR) is 87.9 cm³/mol. The topological polar surface area (TPSA) is 40.5 Å². The monoisotopic (exact) mass is 307 g/mol. The third-order valence-corrected chi connectivity index (χ3v) is 8.46. The van der Waals surface area contributed by atoms with Gasteiger partial charge in [0.15, 0.2) is 5.78 Å². The Morgan fingerprint density at radius 2 is 1.95 bits per heavy atom. The average molecular weight is 308 g/mol. The van der Waals surface area contributed by atoms with Crippen LogP contribution in [0.5, 0.6) is 0 Å². The van der Waals surface area contributed by atoms with Crippen LogP contribution in [-0.4, -0.2) is 49.1 Å². The van der Waals surface area contributed by atoms with Gasteiger partial charge >= 0.3 is 0 Å². The van der Waals surface area contributed by atoms with Crippen molar-refractivity contribution in [1.82, 2.24) is 4.90 Å². The molecule has 0 amide bonds. The number of allylic oxidation sites excluding steroid dienone is 1. The maximum Gasteiger partial charge on any atom is 0.163 e. The summed E-state index contributed by atoms with van der Waals surface area (Å²) in [7, 11) is 2.60. The summed E-state index contributed by atoms with van der Waals surface area (Å²) in [5.74, 6) is 0.252. The molecule has 0 heterocycles. The summed E-state index contributed by atoms with van der Waals surface area (Å²) < 4.78 is 0. The zero-order valence-corrected chi connectivity index (χ0v) is 15.1. The number of nitrogens with zero attached hydrogens (tertiary/aromatic N) is 1. The maximum absolute atomic E-state index is 12.8. The lowest BCUT2D eigenvalue weighted by molar-refractivity contribution is -0.133. The molecule has 0 aromatic rings. The molecule has 0 radical (unpaired) electrons. The minimum atomic E-state index is -1.60. The van der Waals surface area contributed by atoms with Gasteiger partial charge in [-0.3, -0.25) is 9.69 Å². The first kappa shape index (κ1) is 15.4. The number of fused-ring (bicyclic) bond motifs is 3. The van der Waals surface area contributed by atoms with Crippen LogP contribution in [0.3, 0.4) is 0 Å². The highest BCUT2D eigenvalue weighted by Gasteiger charge is 2.69. The number of likely N-dealkylation sites (N-methyl/N-ethyl adjacent to an activating group) is 1. The van der Waals surface area contributed by atoms with Crippen molar-refractivity contribution in [2.45, 2.75) is 62.9 Å². The molecule has 0 aromatic heterocycles. The van der Waals surface area contributed by atoms with Crippen LogP contribution in [0, 0.1) is 11.8 Å². The van der Waals surface area contributed by atoms with Crippen LogP contribution < -0.4 is 0 Å². The van der Waals surface area contributed by atoms with Crippen molar-refractivity contribution in [3.8, 4) is 0 Å². The lowest BCUT2D eigenvalue weighted by atomic mass is 9.72. The van der Waals surface area contributed by atoms with Crippen LogP contribution in [0.15, 0.2) is 11.3 Å². The molecule has 21 heavy (non-hydrogen) atoms. The van der Waals surface area contributed by atoms with E-state index in [2.05, 4.69) is 38.6 Å². The highest BCUT2D eigenvalue weighted by Crippen LogP contribution is 2.61. The van der Waals surface area contributed by atoms with Gasteiger partial charge < -0.3 is 5.11 Å². The van der Waals surface area contributed by atoms with Crippen molar-refractivity contribution in [3.63, 3.8) is 0 Å². The number of aliphatic hydroxyl groups is 1. The molecule has 3 nitrogen and oxygen atoms in total. The summed E-state index contributed by atoms with van der Waals surface area (Å²) >= 11 is 0. The van der Waals surface area contributed by atoms with Gasteiger partial charge in [0.1, 0.15) is 0 Å². The number of hydrogen-bond donors (Lipinski definition) is 1. The summed E-state index contributed by atoms with van der Waals surface area (Å²) in [6.45, 7) is 6.98. The SMILES string of the molecule is CN(C)[C@@]12C[C@@H]3CCCC[C@@]3(O)[C@@H]1C(=O)C=C2[Si](C)(C)C. The van der Waals surface area contributed by atoms with E-state index < -0.39 is 13.7 Å². The van der Waals surface area contributed by atoms with E-state index in [1.165, 1.54) is 11.6 Å². The molecule has 0 bridgehead atoms. The highest BCUT2D eigenvalue weighted by atomic mass is 28.3. The van der Waals surface area contributed by atoms with E-state index in [4.69, 9.17) is 0 Å². The summed E-state index contributed by atoms with van der Waals surface area (Å²) in [4.78, 5) is 15.1. The molecule has 0 aromatic carbocycles. The molecule has 0 saturated heterocycles. The summed E-state index contributed by atoms with van der Waals surface area (Å²) in [5.41, 5.74) is -0.983. The zero-order valence-electron chi connectivity index (χ0n) is 14.1. The van der Waals surface area contributed by atoms with E-state index in [0.717, 1.165) is 25.7 Å². The molecule has 1 N–H and O–H groups in total. The first-order valence-corrected chi connectivity index (χ1v) is 11.8. The van der Waals surface area contributed by atoms with Crippen LogP contribution in [0.2, 0.25) is 19.6 Å². The minimum absolute atomic E-state index is 0.188. The Hall–Kier alpha value is -0.453. The number of rotatable bonds is 2. The molecule has 4 atom stereocenters. The normalized spacial score (nSPS) is 43.0. The van der Waals surface area contributed by atoms with E-state index in [9.17, 15) is 9.90 Å². The van der Waals surface area contributed by atoms with Gasteiger partial charge in [-0.1, -0.05) is 37.7 Å². The van der Waals surface area contributed by atoms with Gasteiger partial charge in [-0.15, -0.1) is 0 Å².